The van der Waals surface area contributed by atoms with Crippen LogP contribution >= 0.6 is 0 Å². The first-order valence-electron chi connectivity index (χ1n) is 7.10. The Kier molecular flexibility index (Phi) is 3.70. The highest BCUT2D eigenvalue weighted by Gasteiger charge is 2.29. The highest BCUT2D eigenvalue weighted by Crippen LogP contribution is 2.18. The van der Waals surface area contributed by atoms with Gasteiger partial charge >= 0.3 is 0 Å². The molecule has 0 bridgehead atoms. The predicted molar refractivity (Wildman–Crippen MR) is 77.1 cm³/mol. The summed E-state index contributed by atoms with van der Waals surface area (Å²) in [5, 5.41) is 17.8. The zero-order chi connectivity index (χ0) is 14.8. The number of aromatic nitrogens is 3. The summed E-state index contributed by atoms with van der Waals surface area (Å²) >= 11 is 0. The Morgan fingerprint density at radius 3 is 2.81 bits per heavy atom. The zero-order valence-electron chi connectivity index (χ0n) is 11.9. The summed E-state index contributed by atoms with van der Waals surface area (Å²) in [5.74, 6) is 0.0529. The van der Waals surface area contributed by atoms with Gasteiger partial charge in [-0.05, 0) is 24.5 Å². The van der Waals surface area contributed by atoms with Crippen LogP contribution < -0.4 is 0 Å². The average molecular weight is 286 g/mol. The van der Waals surface area contributed by atoms with Crippen molar-refractivity contribution in [3.63, 3.8) is 0 Å². The molecule has 0 spiro atoms. The number of piperidine rings is 1. The van der Waals surface area contributed by atoms with Crippen molar-refractivity contribution in [2.24, 2.45) is 5.92 Å². The number of hydrogen-bond donors (Lipinski definition) is 1. The van der Waals surface area contributed by atoms with Crippen LogP contribution in [0.25, 0.3) is 5.69 Å². The molecule has 2 heterocycles. The van der Waals surface area contributed by atoms with Crippen LogP contribution in [0.15, 0.2) is 36.5 Å². The van der Waals surface area contributed by atoms with E-state index in [1.54, 1.807) is 15.8 Å². The molecule has 1 N–H and O–H groups in total. The van der Waals surface area contributed by atoms with E-state index in [4.69, 9.17) is 0 Å². The second-order valence-corrected chi connectivity index (χ2v) is 5.47. The van der Waals surface area contributed by atoms with Crippen LogP contribution in [-0.4, -0.2) is 50.1 Å². The molecule has 2 aromatic rings. The summed E-state index contributed by atoms with van der Waals surface area (Å²) in [7, 11) is 0. The molecule has 6 heteroatoms. The van der Waals surface area contributed by atoms with Crippen molar-refractivity contribution >= 4 is 5.91 Å². The number of carbonyl (C=O) groups is 1. The van der Waals surface area contributed by atoms with Crippen LogP contribution in [0, 0.1) is 5.92 Å². The summed E-state index contributed by atoms with van der Waals surface area (Å²) in [6.45, 7) is 3.01. The third-order valence-electron chi connectivity index (χ3n) is 3.94. The van der Waals surface area contributed by atoms with Crippen LogP contribution in [0.4, 0.5) is 0 Å². The van der Waals surface area contributed by atoms with Crippen LogP contribution in [0.1, 0.15) is 23.8 Å². The van der Waals surface area contributed by atoms with Gasteiger partial charge in [-0.2, -0.15) is 0 Å². The van der Waals surface area contributed by atoms with Gasteiger partial charge < -0.3 is 10.0 Å². The standard InChI is InChI=1S/C15H18N4O2/c1-11-7-8-18(10-14(11)20)15(21)13-9-19(17-16-13)12-5-3-2-4-6-12/h2-6,9,11,14,20H,7-8,10H2,1H3. The van der Waals surface area contributed by atoms with E-state index in [0.717, 1.165) is 12.1 Å². The van der Waals surface area contributed by atoms with E-state index in [1.165, 1.54) is 0 Å². The lowest BCUT2D eigenvalue weighted by molar-refractivity contribution is 0.0245. The Morgan fingerprint density at radius 1 is 1.33 bits per heavy atom. The fraction of sp³-hybridized carbons (Fsp3) is 0.400. The lowest BCUT2D eigenvalue weighted by Gasteiger charge is -2.33. The van der Waals surface area contributed by atoms with E-state index in [2.05, 4.69) is 10.3 Å². The zero-order valence-corrected chi connectivity index (χ0v) is 11.9. The minimum absolute atomic E-state index is 0.178. The molecule has 3 rings (SSSR count). The number of para-hydroxylation sites is 1. The Labute approximate surface area is 123 Å². The van der Waals surface area contributed by atoms with Gasteiger partial charge in [0.1, 0.15) is 0 Å². The molecular formula is C15H18N4O2. The third-order valence-corrected chi connectivity index (χ3v) is 3.94. The predicted octanol–water partition coefficient (Wildman–Crippen LogP) is 1.11. The molecule has 110 valence electrons. The van der Waals surface area contributed by atoms with E-state index in [-0.39, 0.29) is 11.8 Å². The number of likely N-dealkylation sites (tertiary alicyclic amines) is 1. The number of aliphatic hydroxyl groups excluding tert-OH is 1. The first kappa shape index (κ1) is 13.8. The van der Waals surface area contributed by atoms with Crippen LogP contribution in [0.5, 0.6) is 0 Å². The molecule has 1 saturated heterocycles. The molecule has 0 aliphatic carbocycles. The van der Waals surface area contributed by atoms with Crippen molar-refractivity contribution in [3.05, 3.63) is 42.2 Å². The van der Waals surface area contributed by atoms with Gasteiger partial charge in [-0.15, -0.1) is 5.10 Å². The monoisotopic (exact) mass is 286 g/mol. The summed E-state index contributed by atoms with van der Waals surface area (Å²) in [4.78, 5) is 14.0. The summed E-state index contributed by atoms with van der Waals surface area (Å²) in [6.07, 6.45) is 1.97. The number of hydrogen-bond acceptors (Lipinski definition) is 4. The van der Waals surface area contributed by atoms with Crippen LogP contribution in [0.3, 0.4) is 0 Å². The Hall–Kier alpha value is -2.21. The van der Waals surface area contributed by atoms with Gasteiger partial charge in [0, 0.05) is 13.1 Å². The normalized spacial score (nSPS) is 22.3. The summed E-state index contributed by atoms with van der Waals surface area (Å²) < 4.78 is 1.58. The largest absolute Gasteiger partial charge is 0.391 e. The fourth-order valence-electron chi connectivity index (χ4n) is 2.46. The van der Waals surface area contributed by atoms with Crippen molar-refractivity contribution < 1.29 is 9.90 Å². The maximum Gasteiger partial charge on any atom is 0.276 e. The van der Waals surface area contributed by atoms with Gasteiger partial charge in [0.15, 0.2) is 5.69 Å². The molecule has 0 saturated carbocycles. The first-order chi connectivity index (χ1) is 10.1. The van der Waals surface area contributed by atoms with Gasteiger partial charge in [0.05, 0.1) is 18.0 Å². The van der Waals surface area contributed by atoms with Gasteiger partial charge in [0.2, 0.25) is 0 Å². The first-order valence-corrected chi connectivity index (χ1v) is 7.10. The molecule has 1 aromatic heterocycles. The van der Waals surface area contributed by atoms with Crippen molar-refractivity contribution in [2.75, 3.05) is 13.1 Å². The number of benzene rings is 1. The average Bonchev–Trinajstić information content (AvgIpc) is 3.00. The van der Waals surface area contributed by atoms with E-state index < -0.39 is 6.10 Å². The number of amides is 1. The lowest BCUT2D eigenvalue weighted by Crippen LogP contribution is -2.45. The number of rotatable bonds is 2. The highest BCUT2D eigenvalue weighted by molar-refractivity contribution is 5.92. The minimum atomic E-state index is -0.466. The summed E-state index contributed by atoms with van der Waals surface area (Å²) in [6, 6.07) is 9.52. The van der Waals surface area contributed by atoms with Crippen LogP contribution in [-0.2, 0) is 0 Å². The van der Waals surface area contributed by atoms with Crippen molar-refractivity contribution in [2.45, 2.75) is 19.4 Å². The van der Waals surface area contributed by atoms with Gasteiger partial charge in [-0.25, -0.2) is 4.68 Å². The molecular weight excluding hydrogens is 268 g/mol. The fourth-order valence-corrected chi connectivity index (χ4v) is 2.46. The molecule has 1 fully saturated rings. The number of β-amino-alcohol motifs (C(OH)–C–C–N with tert-alkyl or cyclic N) is 1. The number of carbonyl (C=O) groups excluding carboxylic acids is 1. The quantitative estimate of drug-likeness (QED) is 0.897. The van der Waals surface area contributed by atoms with Gasteiger partial charge in [-0.1, -0.05) is 30.3 Å². The Balaban J connectivity index is 1.76. The Bertz CT molecular complexity index is 626. The Morgan fingerprint density at radius 2 is 2.10 bits per heavy atom. The smallest absolute Gasteiger partial charge is 0.276 e. The molecule has 6 nitrogen and oxygen atoms in total. The number of aliphatic hydroxyl groups is 1. The SMILES string of the molecule is CC1CCN(C(=O)c2cn(-c3ccccc3)nn2)CC1O. The molecule has 1 amide bonds. The molecule has 1 aromatic carbocycles. The van der Waals surface area contributed by atoms with Crippen LogP contribution in [0.2, 0.25) is 0 Å². The highest BCUT2D eigenvalue weighted by atomic mass is 16.3. The molecule has 2 atom stereocenters. The van der Waals surface area contributed by atoms with Gasteiger partial charge in [0.25, 0.3) is 5.91 Å². The molecule has 21 heavy (non-hydrogen) atoms. The summed E-state index contributed by atoms with van der Waals surface area (Å²) in [5.41, 5.74) is 1.16. The van der Waals surface area contributed by atoms with Crippen molar-refractivity contribution in [1.82, 2.24) is 19.9 Å². The lowest BCUT2D eigenvalue weighted by atomic mass is 9.96. The number of nitrogens with zero attached hydrogens (tertiary/aromatic N) is 4. The minimum Gasteiger partial charge on any atom is -0.391 e. The molecule has 2 unspecified atom stereocenters. The second-order valence-electron chi connectivity index (χ2n) is 5.47. The molecule has 0 radical (unpaired) electrons. The molecule has 1 aliphatic heterocycles. The maximum absolute atomic E-state index is 12.4. The topological polar surface area (TPSA) is 71.2 Å². The second kappa shape index (κ2) is 5.65. The van der Waals surface area contributed by atoms with E-state index in [0.29, 0.717) is 18.8 Å². The van der Waals surface area contributed by atoms with Crippen molar-refractivity contribution in [1.29, 1.82) is 0 Å². The molecule has 1 aliphatic rings. The van der Waals surface area contributed by atoms with E-state index in [1.807, 2.05) is 37.3 Å². The van der Waals surface area contributed by atoms with Gasteiger partial charge in [-0.3, -0.25) is 4.79 Å². The maximum atomic E-state index is 12.4. The third kappa shape index (κ3) is 2.80. The van der Waals surface area contributed by atoms with E-state index in [9.17, 15) is 9.90 Å². The van der Waals surface area contributed by atoms with E-state index >= 15 is 0 Å². The van der Waals surface area contributed by atoms with Crippen molar-refractivity contribution in [3.8, 4) is 5.69 Å².